The first kappa shape index (κ1) is 23.3. The van der Waals surface area contributed by atoms with Crippen molar-refractivity contribution >= 4 is 23.2 Å². The summed E-state index contributed by atoms with van der Waals surface area (Å²) in [5, 5.41) is 7.79. The van der Waals surface area contributed by atoms with Crippen LogP contribution in [0.25, 0.3) is 0 Å². The maximum atomic E-state index is 12.3. The minimum atomic E-state index is -0.639. The first-order valence-electron chi connectivity index (χ1n) is 9.40. The summed E-state index contributed by atoms with van der Waals surface area (Å²) in [6, 6.07) is 14.1. The van der Waals surface area contributed by atoms with Gasteiger partial charge in [0, 0.05) is 22.8 Å². The van der Waals surface area contributed by atoms with E-state index in [0.29, 0.717) is 22.4 Å². The molecule has 8 heteroatoms. The molecule has 0 radical (unpaired) electrons. The number of allylic oxidation sites excluding steroid dienone is 2. The molecule has 0 amide bonds. The van der Waals surface area contributed by atoms with Crippen LogP contribution in [0, 0.1) is 6.92 Å². The average molecular weight is 423 g/mol. The second-order valence-corrected chi connectivity index (χ2v) is 6.50. The van der Waals surface area contributed by atoms with Gasteiger partial charge in [-0.15, -0.1) is 0 Å². The van der Waals surface area contributed by atoms with Crippen LogP contribution in [-0.2, 0) is 25.8 Å². The number of rotatable bonds is 9. The fourth-order valence-electron chi connectivity index (χ4n) is 2.68. The number of nitrogens with zero attached hydrogens (tertiary/aromatic N) is 2. The molecule has 0 aliphatic heterocycles. The molecule has 0 heterocycles. The third-order valence-electron chi connectivity index (χ3n) is 4.40. The van der Waals surface area contributed by atoms with Gasteiger partial charge in [-0.2, -0.15) is 0 Å². The molecule has 0 saturated carbocycles. The van der Waals surface area contributed by atoms with E-state index in [1.165, 1.54) is 20.3 Å². The molecule has 0 aliphatic rings. The number of oxime groups is 2. The van der Waals surface area contributed by atoms with Gasteiger partial charge in [0.25, 0.3) is 0 Å². The zero-order valence-electron chi connectivity index (χ0n) is 17.9. The third kappa shape index (κ3) is 6.27. The molecule has 0 aromatic heterocycles. The maximum absolute atomic E-state index is 12.3. The number of esters is 1. The zero-order chi connectivity index (χ0) is 22.8. The smallest absolute Gasteiger partial charge is 0.360 e. The molecule has 2 N–H and O–H groups in total. The second kappa shape index (κ2) is 11.3. The Kier molecular flexibility index (Phi) is 8.51. The Hall–Kier alpha value is -3.94. The van der Waals surface area contributed by atoms with Gasteiger partial charge in [0.15, 0.2) is 11.5 Å². The molecule has 0 saturated heterocycles. The lowest BCUT2D eigenvalue weighted by molar-refractivity contribution is -0.132. The first-order valence-corrected chi connectivity index (χ1v) is 9.40. The van der Waals surface area contributed by atoms with Crippen LogP contribution < -0.4 is 5.73 Å². The van der Waals surface area contributed by atoms with Crippen LogP contribution in [0.3, 0.4) is 0 Å². The average Bonchev–Trinajstić information content (AvgIpc) is 2.78. The van der Waals surface area contributed by atoms with Crippen LogP contribution >= 0.6 is 0 Å². The molecule has 2 rings (SSSR count). The predicted octanol–water partition coefficient (Wildman–Crippen LogP) is 3.14. The second-order valence-electron chi connectivity index (χ2n) is 6.50. The van der Waals surface area contributed by atoms with E-state index in [9.17, 15) is 9.59 Å². The molecule has 8 nitrogen and oxygen atoms in total. The van der Waals surface area contributed by atoms with Crippen LogP contribution in [0.4, 0.5) is 0 Å². The maximum Gasteiger partial charge on any atom is 0.360 e. The number of ketones is 1. The van der Waals surface area contributed by atoms with E-state index in [-0.39, 0.29) is 23.8 Å². The van der Waals surface area contributed by atoms with Crippen LogP contribution in [0.2, 0.25) is 0 Å². The Labute approximate surface area is 181 Å². The van der Waals surface area contributed by atoms with Crippen LogP contribution in [0.1, 0.15) is 34.0 Å². The van der Waals surface area contributed by atoms with Crippen molar-refractivity contribution in [3.05, 3.63) is 82.6 Å². The van der Waals surface area contributed by atoms with Crippen molar-refractivity contribution in [3.8, 4) is 0 Å². The molecule has 162 valence electrons. The van der Waals surface area contributed by atoms with Gasteiger partial charge in [0.05, 0.1) is 18.5 Å². The van der Waals surface area contributed by atoms with E-state index in [1.54, 1.807) is 43.3 Å². The number of hydrogen-bond acceptors (Lipinski definition) is 8. The largest absolute Gasteiger partial charge is 0.464 e. The summed E-state index contributed by atoms with van der Waals surface area (Å²) in [4.78, 5) is 34.6. The van der Waals surface area contributed by atoms with E-state index in [1.807, 2.05) is 19.1 Å². The van der Waals surface area contributed by atoms with Crippen LogP contribution in [0.15, 0.2) is 70.6 Å². The summed E-state index contributed by atoms with van der Waals surface area (Å²) in [5.74, 6) is -0.868. The van der Waals surface area contributed by atoms with Crippen molar-refractivity contribution in [2.75, 3.05) is 14.2 Å². The van der Waals surface area contributed by atoms with Crippen molar-refractivity contribution in [2.24, 2.45) is 16.0 Å². The molecule has 0 atom stereocenters. The van der Waals surface area contributed by atoms with E-state index in [2.05, 4.69) is 10.3 Å². The molecule has 0 spiro atoms. The van der Waals surface area contributed by atoms with E-state index in [4.69, 9.17) is 20.1 Å². The van der Waals surface area contributed by atoms with Gasteiger partial charge in [-0.1, -0.05) is 58.8 Å². The van der Waals surface area contributed by atoms with Crippen LogP contribution in [-0.4, -0.2) is 37.4 Å². The topological polar surface area (TPSA) is 113 Å². The highest BCUT2D eigenvalue weighted by Gasteiger charge is 2.20. The first-order chi connectivity index (χ1) is 14.9. The summed E-state index contributed by atoms with van der Waals surface area (Å²) in [6.07, 6.45) is 1.30. The summed E-state index contributed by atoms with van der Waals surface area (Å²) in [7, 11) is 2.60. The molecule has 0 fully saturated rings. The summed E-state index contributed by atoms with van der Waals surface area (Å²) in [5.41, 5.74) is 9.10. The standard InChI is InChI=1S/C23H25N3O5/c1-15-9-8-12-18(22(26-30-4)23(28)29-3)19(15)14-31-25-16(2)20(24)13-21(27)17-10-6-5-7-11-17/h5-13H,14,24H2,1-4H3/b20-13?,25-16+,26-22+. The highest BCUT2D eigenvalue weighted by Crippen LogP contribution is 2.18. The Morgan fingerprint density at radius 2 is 1.74 bits per heavy atom. The highest BCUT2D eigenvalue weighted by atomic mass is 16.6. The normalized spacial score (nSPS) is 12.3. The zero-order valence-corrected chi connectivity index (χ0v) is 17.9. The van der Waals surface area contributed by atoms with Crippen LogP contribution in [0.5, 0.6) is 0 Å². The molecular weight excluding hydrogens is 398 g/mol. The van der Waals surface area contributed by atoms with Gasteiger partial charge in [0.1, 0.15) is 13.7 Å². The molecule has 2 aromatic carbocycles. The fraction of sp³-hybridized carbons (Fsp3) is 0.217. The van der Waals surface area contributed by atoms with Crippen molar-refractivity contribution < 1.29 is 24.0 Å². The number of carbonyl (C=O) groups is 2. The minimum absolute atomic E-state index is 0.0147. The number of aryl methyl sites for hydroxylation is 1. The van der Waals surface area contributed by atoms with Crippen molar-refractivity contribution in [3.63, 3.8) is 0 Å². The molecule has 2 aromatic rings. The van der Waals surface area contributed by atoms with Gasteiger partial charge < -0.3 is 20.1 Å². The number of hydrogen-bond donors (Lipinski definition) is 1. The quantitative estimate of drug-likeness (QED) is 0.218. The number of carbonyl (C=O) groups excluding carboxylic acids is 2. The van der Waals surface area contributed by atoms with E-state index >= 15 is 0 Å². The van der Waals surface area contributed by atoms with E-state index in [0.717, 1.165) is 5.56 Å². The fourth-order valence-corrected chi connectivity index (χ4v) is 2.68. The minimum Gasteiger partial charge on any atom is -0.464 e. The SMILES string of the molecule is CO/N=C(/C(=O)OC)c1cccc(C)c1CO/N=C(\C)C(N)=CC(=O)c1ccccc1. The number of benzene rings is 2. The number of methoxy groups -OCH3 is 1. The van der Waals surface area contributed by atoms with E-state index < -0.39 is 5.97 Å². The lowest BCUT2D eigenvalue weighted by Gasteiger charge is -2.12. The van der Waals surface area contributed by atoms with Crippen molar-refractivity contribution in [1.82, 2.24) is 0 Å². The summed E-state index contributed by atoms with van der Waals surface area (Å²) in [6.45, 7) is 3.54. The monoisotopic (exact) mass is 423 g/mol. The predicted molar refractivity (Wildman–Crippen MR) is 118 cm³/mol. The molecule has 0 bridgehead atoms. The van der Waals surface area contributed by atoms with Crippen molar-refractivity contribution in [1.29, 1.82) is 0 Å². The Morgan fingerprint density at radius 1 is 1.03 bits per heavy atom. The molecule has 0 aliphatic carbocycles. The highest BCUT2D eigenvalue weighted by molar-refractivity contribution is 6.43. The summed E-state index contributed by atoms with van der Waals surface area (Å²) < 4.78 is 4.79. The molecule has 31 heavy (non-hydrogen) atoms. The van der Waals surface area contributed by atoms with Gasteiger partial charge in [-0.05, 0) is 19.4 Å². The van der Waals surface area contributed by atoms with Gasteiger partial charge in [0.2, 0.25) is 0 Å². The van der Waals surface area contributed by atoms with Gasteiger partial charge >= 0.3 is 5.97 Å². The number of ether oxygens (including phenoxy) is 1. The Bertz CT molecular complexity index is 1030. The molecular formula is C23H25N3O5. The third-order valence-corrected chi connectivity index (χ3v) is 4.40. The van der Waals surface area contributed by atoms with Gasteiger partial charge in [-0.3, -0.25) is 4.79 Å². The lowest BCUT2D eigenvalue weighted by Crippen LogP contribution is -2.20. The Morgan fingerprint density at radius 3 is 2.39 bits per heavy atom. The summed E-state index contributed by atoms with van der Waals surface area (Å²) >= 11 is 0. The van der Waals surface area contributed by atoms with Gasteiger partial charge in [-0.25, -0.2) is 4.79 Å². The Balaban J connectivity index is 2.20. The van der Waals surface area contributed by atoms with Crippen molar-refractivity contribution in [2.45, 2.75) is 20.5 Å². The molecule has 0 unspecified atom stereocenters. The lowest BCUT2D eigenvalue weighted by atomic mass is 9.99. The number of nitrogens with two attached hydrogens (primary N) is 1.